The van der Waals surface area contributed by atoms with Gasteiger partial charge in [0.1, 0.15) is 17.2 Å². The van der Waals surface area contributed by atoms with Crippen LogP contribution >= 0.6 is 11.8 Å². The Morgan fingerprint density at radius 1 is 1.13 bits per heavy atom. The zero-order valence-electron chi connectivity index (χ0n) is 17.4. The number of carbonyl (C=O) groups excluding carboxylic acids is 1. The third-order valence-corrected chi connectivity index (χ3v) is 5.95. The van der Waals surface area contributed by atoms with Crippen molar-refractivity contribution in [1.29, 1.82) is 0 Å². The zero-order valence-corrected chi connectivity index (χ0v) is 18.2. The minimum absolute atomic E-state index is 0.0101. The van der Waals surface area contributed by atoms with Gasteiger partial charge in [-0.3, -0.25) is 4.79 Å². The SMILES string of the molecule is Cc1ccc(CN(C(=O)c2ccc(SCc3cn4ccccc4n3)cc2)C(C)C)o1. The van der Waals surface area contributed by atoms with Gasteiger partial charge in [0, 0.05) is 34.6 Å². The fourth-order valence-corrected chi connectivity index (χ4v) is 4.08. The highest BCUT2D eigenvalue weighted by Crippen LogP contribution is 2.24. The van der Waals surface area contributed by atoms with E-state index >= 15 is 0 Å². The van der Waals surface area contributed by atoms with Crippen LogP contribution in [-0.2, 0) is 12.3 Å². The summed E-state index contributed by atoms with van der Waals surface area (Å²) in [6, 6.07) is 17.7. The minimum Gasteiger partial charge on any atom is -0.464 e. The van der Waals surface area contributed by atoms with Crippen molar-refractivity contribution in [3.05, 3.63) is 89.8 Å². The van der Waals surface area contributed by atoms with Gasteiger partial charge in [-0.1, -0.05) is 6.07 Å². The number of rotatable bonds is 7. The van der Waals surface area contributed by atoms with E-state index in [1.54, 1.807) is 11.8 Å². The molecule has 0 N–H and O–H groups in total. The predicted octanol–water partition coefficient (Wildman–Crippen LogP) is 5.58. The monoisotopic (exact) mass is 419 g/mol. The summed E-state index contributed by atoms with van der Waals surface area (Å²) in [6.45, 7) is 6.42. The second-order valence-corrected chi connectivity index (χ2v) is 8.60. The van der Waals surface area contributed by atoms with E-state index in [9.17, 15) is 4.79 Å². The Hall–Kier alpha value is -2.99. The van der Waals surface area contributed by atoms with E-state index in [-0.39, 0.29) is 11.9 Å². The predicted molar refractivity (Wildman–Crippen MR) is 120 cm³/mol. The summed E-state index contributed by atoms with van der Waals surface area (Å²) in [5.74, 6) is 2.45. The molecule has 4 aromatic rings. The average molecular weight is 420 g/mol. The van der Waals surface area contributed by atoms with Crippen LogP contribution < -0.4 is 0 Å². The smallest absolute Gasteiger partial charge is 0.254 e. The van der Waals surface area contributed by atoms with Crippen molar-refractivity contribution in [3.8, 4) is 0 Å². The number of furan rings is 1. The van der Waals surface area contributed by atoms with Gasteiger partial charge >= 0.3 is 0 Å². The largest absolute Gasteiger partial charge is 0.464 e. The highest BCUT2D eigenvalue weighted by molar-refractivity contribution is 7.98. The van der Waals surface area contributed by atoms with E-state index in [1.165, 1.54) is 0 Å². The molecule has 0 saturated heterocycles. The summed E-state index contributed by atoms with van der Waals surface area (Å²) >= 11 is 1.71. The van der Waals surface area contributed by atoms with E-state index in [4.69, 9.17) is 4.42 Å². The number of hydrogen-bond acceptors (Lipinski definition) is 4. The fourth-order valence-electron chi connectivity index (χ4n) is 3.30. The number of imidazole rings is 1. The van der Waals surface area contributed by atoms with Gasteiger partial charge in [-0.25, -0.2) is 4.98 Å². The normalized spacial score (nSPS) is 11.3. The van der Waals surface area contributed by atoms with Gasteiger partial charge in [-0.2, -0.15) is 0 Å². The summed E-state index contributed by atoms with van der Waals surface area (Å²) in [4.78, 5) is 20.6. The zero-order chi connectivity index (χ0) is 21.1. The lowest BCUT2D eigenvalue weighted by atomic mass is 10.1. The molecule has 0 fully saturated rings. The van der Waals surface area contributed by atoms with Gasteiger partial charge in [-0.15, -0.1) is 11.8 Å². The van der Waals surface area contributed by atoms with Gasteiger partial charge in [0.25, 0.3) is 5.91 Å². The Morgan fingerprint density at radius 2 is 1.93 bits per heavy atom. The van der Waals surface area contributed by atoms with Gasteiger partial charge < -0.3 is 13.7 Å². The van der Waals surface area contributed by atoms with Crippen LogP contribution in [0.3, 0.4) is 0 Å². The molecule has 0 atom stereocenters. The molecule has 6 heteroatoms. The molecule has 0 unspecified atom stereocenters. The molecule has 0 spiro atoms. The Morgan fingerprint density at radius 3 is 2.60 bits per heavy atom. The number of benzene rings is 1. The van der Waals surface area contributed by atoms with Crippen molar-refractivity contribution < 1.29 is 9.21 Å². The Labute approximate surface area is 180 Å². The van der Waals surface area contributed by atoms with Crippen LogP contribution in [-0.4, -0.2) is 26.2 Å². The highest BCUT2D eigenvalue weighted by Gasteiger charge is 2.20. The minimum atomic E-state index is 0.0101. The maximum absolute atomic E-state index is 13.1. The van der Waals surface area contributed by atoms with E-state index in [1.807, 2.05) is 90.9 Å². The molecule has 0 aliphatic carbocycles. The Kier molecular flexibility index (Phi) is 5.95. The van der Waals surface area contributed by atoms with Crippen molar-refractivity contribution in [3.63, 3.8) is 0 Å². The molecule has 0 radical (unpaired) electrons. The molecule has 3 heterocycles. The van der Waals surface area contributed by atoms with Crippen LogP contribution in [0.2, 0.25) is 0 Å². The summed E-state index contributed by atoms with van der Waals surface area (Å²) < 4.78 is 7.69. The van der Waals surface area contributed by atoms with Crippen molar-refractivity contribution in [1.82, 2.24) is 14.3 Å². The second kappa shape index (κ2) is 8.79. The molecule has 30 heavy (non-hydrogen) atoms. The molecule has 4 rings (SSSR count). The van der Waals surface area contributed by atoms with Crippen molar-refractivity contribution >= 4 is 23.3 Å². The second-order valence-electron chi connectivity index (χ2n) is 7.55. The lowest BCUT2D eigenvalue weighted by Crippen LogP contribution is -2.36. The van der Waals surface area contributed by atoms with Gasteiger partial charge in [0.15, 0.2) is 0 Å². The molecule has 1 aromatic carbocycles. The summed E-state index contributed by atoms with van der Waals surface area (Å²) in [7, 11) is 0. The van der Waals surface area contributed by atoms with E-state index in [2.05, 4.69) is 11.2 Å². The summed E-state index contributed by atoms with van der Waals surface area (Å²) in [6.07, 6.45) is 4.05. The quantitative estimate of drug-likeness (QED) is 0.367. The number of thioether (sulfide) groups is 1. The molecule has 154 valence electrons. The van der Waals surface area contributed by atoms with Crippen LogP contribution in [0.4, 0.5) is 0 Å². The number of carbonyl (C=O) groups is 1. The number of fused-ring (bicyclic) bond motifs is 1. The first kappa shape index (κ1) is 20.3. The van der Waals surface area contributed by atoms with Crippen LogP contribution in [0.15, 0.2) is 76.3 Å². The number of nitrogens with zero attached hydrogens (tertiary/aromatic N) is 3. The first-order valence-corrected chi connectivity index (χ1v) is 11.0. The van der Waals surface area contributed by atoms with E-state index in [0.29, 0.717) is 12.1 Å². The molecule has 0 aliphatic rings. The first-order chi connectivity index (χ1) is 14.5. The third-order valence-electron chi connectivity index (χ3n) is 4.91. The number of hydrogen-bond donors (Lipinski definition) is 0. The Bertz CT molecular complexity index is 1110. The Balaban J connectivity index is 1.41. The summed E-state index contributed by atoms with van der Waals surface area (Å²) in [5, 5.41) is 0. The van der Waals surface area contributed by atoms with Gasteiger partial charge in [-0.05, 0) is 69.3 Å². The molecule has 3 aromatic heterocycles. The average Bonchev–Trinajstić information content (AvgIpc) is 3.35. The van der Waals surface area contributed by atoms with E-state index < -0.39 is 0 Å². The maximum atomic E-state index is 13.1. The number of amides is 1. The van der Waals surface area contributed by atoms with E-state index in [0.717, 1.165) is 33.5 Å². The van der Waals surface area contributed by atoms with Crippen LogP contribution in [0.25, 0.3) is 5.65 Å². The lowest BCUT2D eigenvalue weighted by molar-refractivity contribution is 0.0675. The van der Waals surface area contributed by atoms with Crippen molar-refractivity contribution in [2.45, 2.75) is 44.0 Å². The highest BCUT2D eigenvalue weighted by atomic mass is 32.2. The molecular weight excluding hydrogens is 394 g/mol. The maximum Gasteiger partial charge on any atom is 0.254 e. The van der Waals surface area contributed by atoms with Crippen LogP contribution in [0.5, 0.6) is 0 Å². The molecule has 0 aliphatic heterocycles. The standard InChI is InChI=1S/C24H25N3O2S/c1-17(2)27(15-21-10-7-18(3)29-21)24(28)19-8-11-22(12-9-19)30-16-20-14-26-13-5-4-6-23(26)25-20/h4-14,17H,15-16H2,1-3H3. The molecule has 0 bridgehead atoms. The van der Waals surface area contributed by atoms with Crippen LogP contribution in [0, 0.1) is 6.92 Å². The number of aryl methyl sites for hydroxylation is 1. The first-order valence-electron chi connectivity index (χ1n) is 10.0. The topological polar surface area (TPSA) is 50.8 Å². The molecular formula is C24H25N3O2S. The molecule has 5 nitrogen and oxygen atoms in total. The van der Waals surface area contributed by atoms with Gasteiger partial charge in [0.05, 0.1) is 12.2 Å². The third kappa shape index (κ3) is 4.60. The molecule has 0 saturated carbocycles. The summed E-state index contributed by atoms with van der Waals surface area (Å²) in [5.41, 5.74) is 2.67. The number of aromatic nitrogens is 2. The number of pyridine rings is 1. The molecule has 1 amide bonds. The fraction of sp³-hybridized carbons (Fsp3) is 0.250. The van der Waals surface area contributed by atoms with Crippen molar-refractivity contribution in [2.24, 2.45) is 0 Å². The lowest BCUT2D eigenvalue weighted by Gasteiger charge is -2.26. The van der Waals surface area contributed by atoms with Crippen molar-refractivity contribution in [2.75, 3.05) is 0 Å². The van der Waals surface area contributed by atoms with Gasteiger partial charge in [0.2, 0.25) is 0 Å². The van der Waals surface area contributed by atoms with Crippen LogP contribution in [0.1, 0.15) is 41.4 Å².